The molecule has 28 heavy (non-hydrogen) atoms. The van der Waals surface area contributed by atoms with Crippen molar-refractivity contribution >= 4 is 17.5 Å². The number of nitrogens with zero attached hydrogens (tertiary/aromatic N) is 1. The van der Waals surface area contributed by atoms with E-state index in [-0.39, 0.29) is 17.9 Å². The van der Waals surface area contributed by atoms with E-state index in [9.17, 15) is 9.59 Å². The molecular formula is C23H30N2O3. The zero-order chi connectivity index (χ0) is 20.5. The van der Waals surface area contributed by atoms with E-state index in [4.69, 9.17) is 4.74 Å². The van der Waals surface area contributed by atoms with Crippen LogP contribution in [0.5, 0.6) is 5.75 Å². The second kappa shape index (κ2) is 10.5. The summed E-state index contributed by atoms with van der Waals surface area (Å²) in [6, 6.07) is 14.1. The Morgan fingerprint density at radius 1 is 0.893 bits per heavy atom. The molecule has 0 aromatic heterocycles. The van der Waals surface area contributed by atoms with E-state index < -0.39 is 0 Å². The summed E-state index contributed by atoms with van der Waals surface area (Å²) < 4.78 is 5.59. The molecule has 0 atom stereocenters. The Labute approximate surface area is 167 Å². The second-order valence-electron chi connectivity index (χ2n) is 7.01. The SMILES string of the molecule is CCCN(CCC)C(=O)c1ccc(NC(=O)c2ccc(OC(C)C)cc2)cc1. The summed E-state index contributed by atoms with van der Waals surface area (Å²) in [5.41, 5.74) is 1.84. The number of anilines is 1. The van der Waals surface area contributed by atoms with Gasteiger partial charge in [0.25, 0.3) is 11.8 Å². The lowest BCUT2D eigenvalue weighted by Crippen LogP contribution is -2.32. The Balaban J connectivity index is 2.01. The molecule has 2 aromatic carbocycles. The Bertz CT molecular complexity index is 761. The fraction of sp³-hybridized carbons (Fsp3) is 0.391. The Kier molecular flexibility index (Phi) is 8.05. The Morgan fingerprint density at radius 2 is 1.43 bits per heavy atom. The maximum atomic E-state index is 12.6. The smallest absolute Gasteiger partial charge is 0.255 e. The first-order chi connectivity index (χ1) is 13.4. The number of ether oxygens (including phenoxy) is 1. The average Bonchev–Trinajstić information content (AvgIpc) is 2.68. The third-order valence-electron chi connectivity index (χ3n) is 4.15. The minimum atomic E-state index is -0.200. The molecule has 0 radical (unpaired) electrons. The zero-order valence-corrected chi connectivity index (χ0v) is 17.2. The van der Waals surface area contributed by atoms with Crippen LogP contribution in [0, 0.1) is 0 Å². The summed E-state index contributed by atoms with van der Waals surface area (Å²) in [5.74, 6) is 0.564. The van der Waals surface area contributed by atoms with Crippen molar-refractivity contribution in [2.75, 3.05) is 18.4 Å². The van der Waals surface area contributed by atoms with Gasteiger partial charge in [-0.1, -0.05) is 13.8 Å². The quantitative estimate of drug-likeness (QED) is 0.665. The van der Waals surface area contributed by atoms with E-state index in [0.29, 0.717) is 16.8 Å². The van der Waals surface area contributed by atoms with Gasteiger partial charge in [-0.3, -0.25) is 9.59 Å². The molecule has 0 unspecified atom stereocenters. The van der Waals surface area contributed by atoms with Gasteiger partial charge in [0.1, 0.15) is 5.75 Å². The van der Waals surface area contributed by atoms with Gasteiger partial charge >= 0.3 is 0 Å². The maximum Gasteiger partial charge on any atom is 0.255 e. The summed E-state index contributed by atoms with van der Waals surface area (Å²) in [4.78, 5) is 26.9. The van der Waals surface area contributed by atoms with Crippen LogP contribution in [0.4, 0.5) is 5.69 Å². The van der Waals surface area contributed by atoms with Crippen molar-refractivity contribution in [2.24, 2.45) is 0 Å². The molecular weight excluding hydrogens is 352 g/mol. The first kappa shape index (κ1) is 21.5. The van der Waals surface area contributed by atoms with E-state index >= 15 is 0 Å². The summed E-state index contributed by atoms with van der Waals surface area (Å²) in [6.45, 7) is 9.55. The number of nitrogens with one attached hydrogen (secondary N) is 1. The van der Waals surface area contributed by atoms with Crippen LogP contribution in [-0.4, -0.2) is 35.9 Å². The third kappa shape index (κ3) is 6.12. The number of carbonyl (C=O) groups is 2. The molecule has 2 rings (SSSR count). The van der Waals surface area contributed by atoms with E-state index in [2.05, 4.69) is 19.2 Å². The maximum absolute atomic E-state index is 12.6. The van der Waals surface area contributed by atoms with Gasteiger partial charge in [-0.05, 0) is 75.2 Å². The van der Waals surface area contributed by atoms with E-state index in [1.54, 1.807) is 48.5 Å². The van der Waals surface area contributed by atoms with Crippen LogP contribution in [-0.2, 0) is 0 Å². The number of carbonyl (C=O) groups excluding carboxylic acids is 2. The molecule has 0 fully saturated rings. The standard InChI is InChI=1S/C23H30N2O3/c1-5-15-25(16-6-2)23(27)19-7-11-20(12-8-19)24-22(26)18-9-13-21(14-10-18)28-17(3)4/h7-14,17H,5-6,15-16H2,1-4H3,(H,24,26). The van der Waals surface area contributed by atoms with Crippen molar-refractivity contribution in [1.82, 2.24) is 4.90 Å². The van der Waals surface area contributed by atoms with Gasteiger partial charge in [0.2, 0.25) is 0 Å². The highest BCUT2D eigenvalue weighted by Crippen LogP contribution is 2.17. The molecule has 0 aliphatic rings. The van der Waals surface area contributed by atoms with Gasteiger partial charge in [0.15, 0.2) is 0 Å². The molecule has 0 heterocycles. The normalized spacial score (nSPS) is 10.6. The fourth-order valence-electron chi connectivity index (χ4n) is 2.89. The molecule has 5 heteroatoms. The number of benzene rings is 2. The summed E-state index contributed by atoms with van der Waals surface area (Å²) >= 11 is 0. The molecule has 5 nitrogen and oxygen atoms in total. The number of hydrogen-bond donors (Lipinski definition) is 1. The van der Waals surface area contributed by atoms with Crippen molar-refractivity contribution in [3.05, 3.63) is 59.7 Å². The van der Waals surface area contributed by atoms with Crippen LogP contribution in [0.3, 0.4) is 0 Å². The predicted octanol–water partition coefficient (Wildman–Crippen LogP) is 4.99. The molecule has 0 saturated carbocycles. The van der Waals surface area contributed by atoms with Crippen molar-refractivity contribution in [2.45, 2.75) is 46.6 Å². The zero-order valence-electron chi connectivity index (χ0n) is 17.2. The van der Waals surface area contributed by atoms with E-state index in [1.807, 2.05) is 18.7 Å². The first-order valence-electron chi connectivity index (χ1n) is 9.92. The van der Waals surface area contributed by atoms with Gasteiger partial charge < -0.3 is 15.0 Å². The lowest BCUT2D eigenvalue weighted by Gasteiger charge is -2.21. The van der Waals surface area contributed by atoms with Gasteiger partial charge in [-0.25, -0.2) is 0 Å². The van der Waals surface area contributed by atoms with Crippen molar-refractivity contribution < 1.29 is 14.3 Å². The van der Waals surface area contributed by atoms with Crippen LogP contribution >= 0.6 is 0 Å². The first-order valence-corrected chi connectivity index (χ1v) is 9.92. The number of rotatable bonds is 9. The van der Waals surface area contributed by atoms with Gasteiger partial charge in [0, 0.05) is 29.9 Å². The largest absolute Gasteiger partial charge is 0.491 e. The van der Waals surface area contributed by atoms with E-state index in [0.717, 1.165) is 31.7 Å². The lowest BCUT2D eigenvalue weighted by atomic mass is 10.1. The topological polar surface area (TPSA) is 58.6 Å². The van der Waals surface area contributed by atoms with Crippen LogP contribution < -0.4 is 10.1 Å². The van der Waals surface area contributed by atoms with Gasteiger partial charge in [-0.2, -0.15) is 0 Å². The van der Waals surface area contributed by atoms with Crippen molar-refractivity contribution in [3.8, 4) is 5.75 Å². The monoisotopic (exact) mass is 382 g/mol. The molecule has 1 N–H and O–H groups in total. The van der Waals surface area contributed by atoms with Gasteiger partial charge in [-0.15, -0.1) is 0 Å². The lowest BCUT2D eigenvalue weighted by molar-refractivity contribution is 0.0755. The summed E-state index contributed by atoms with van der Waals surface area (Å²) in [6.07, 6.45) is 1.95. The summed E-state index contributed by atoms with van der Waals surface area (Å²) in [7, 11) is 0. The molecule has 0 aliphatic carbocycles. The molecule has 0 bridgehead atoms. The third-order valence-corrected chi connectivity index (χ3v) is 4.15. The summed E-state index contributed by atoms with van der Waals surface area (Å²) in [5, 5.41) is 2.86. The highest BCUT2D eigenvalue weighted by Gasteiger charge is 2.14. The fourth-order valence-corrected chi connectivity index (χ4v) is 2.89. The molecule has 0 saturated heterocycles. The average molecular weight is 383 g/mol. The highest BCUT2D eigenvalue weighted by atomic mass is 16.5. The van der Waals surface area contributed by atoms with Crippen LogP contribution in [0.15, 0.2) is 48.5 Å². The number of amides is 2. The number of hydrogen-bond acceptors (Lipinski definition) is 3. The van der Waals surface area contributed by atoms with Crippen LogP contribution in [0.25, 0.3) is 0 Å². The minimum Gasteiger partial charge on any atom is -0.491 e. The molecule has 2 aromatic rings. The molecule has 0 aliphatic heterocycles. The van der Waals surface area contributed by atoms with Crippen molar-refractivity contribution in [3.63, 3.8) is 0 Å². The van der Waals surface area contributed by atoms with Crippen molar-refractivity contribution in [1.29, 1.82) is 0 Å². The van der Waals surface area contributed by atoms with E-state index in [1.165, 1.54) is 0 Å². The molecule has 0 spiro atoms. The van der Waals surface area contributed by atoms with Gasteiger partial charge in [0.05, 0.1) is 6.10 Å². The predicted molar refractivity (Wildman–Crippen MR) is 113 cm³/mol. The van der Waals surface area contributed by atoms with Crippen LogP contribution in [0.2, 0.25) is 0 Å². The molecule has 2 amide bonds. The second-order valence-corrected chi connectivity index (χ2v) is 7.01. The highest BCUT2D eigenvalue weighted by molar-refractivity contribution is 6.04. The van der Waals surface area contributed by atoms with Crippen LogP contribution in [0.1, 0.15) is 61.3 Å². The molecule has 150 valence electrons. The Morgan fingerprint density at radius 3 is 1.93 bits per heavy atom. The minimum absolute atomic E-state index is 0.0299. The Hall–Kier alpha value is -2.82.